The summed E-state index contributed by atoms with van der Waals surface area (Å²) in [7, 11) is -3.42. The molecular formula is C21H23N3O3S2. The Labute approximate surface area is 175 Å². The molecule has 3 heterocycles. The van der Waals surface area contributed by atoms with Crippen LogP contribution in [0, 0.1) is 13.8 Å². The van der Waals surface area contributed by atoms with Crippen LogP contribution in [-0.2, 0) is 15.8 Å². The van der Waals surface area contributed by atoms with Gasteiger partial charge in [0, 0.05) is 30.6 Å². The Bertz CT molecular complexity index is 1100. The van der Waals surface area contributed by atoms with Gasteiger partial charge in [0.25, 0.3) is 0 Å². The van der Waals surface area contributed by atoms with Crippen molar-refractivity contribution in [3.63, 3.8) is 0 Å². The molecule has 8 heteroatoms. The maximum atomic E-state index is 12.6. The van der Waals surface area contributed by atoms with Crippen molar-refractivity contribution in [2.75, 3.05) is 13.1 Å². The molecule has 0 atom stereocenters. The predicted octanol–water partition coefficient (Wildman–Crippen LogP) is 4.43. The molecule has 0 aliphatic carbocycles. The zero-order valence-corrected chi connectivity index (χ0v) is 18.1. The SMILES string of the molecule is Cc1ccc(-c2nc(CSc3ccc(S(=O)(=O)N4CCCC4)cn3)co2)c(C)c1. The van der Waals surface area contributed by atoms with Gasteiger partial charge >= 0.3 is 0 Å². The Morgan fingerprint density at radius 2 is 1.93 bits per heavy atom. The third kappa shape index (κ3) is 4.39. The van der Waals surface area contributed by atoms with Crippen LogP contribution < -0.4 is 0 Å². The zero-order valence-electron chi connectivity index (χ0n) is 16.5. The van der Waals surface area contributed by atoms with E-state index in [0.29, 0.717) is 24.7 Å². The lowest BCUT2D eigenvalue weighted by molar-refractivity contribution is 0.477. The maximum absolute atomic E-state index is 12.6. The van der Waals surface area contributed by atoms with E-state index < -0.39 is 10.0 Å². The van der Waals surface area contributed by atoms with Crippen LogP contribution in [0.15, 0.2) is 57.1 Å². The molecule has 6 nitrogen and oxygen atoms in total. The fourth-order valence-electron chi connectivity index (χ4n) is 3.38. The molecule has 2 aromatic heterocycles. The van der Waals surface area contributed by atoms with E-state index in [1.807, 2.05) is 19.1 Å². The Morgan fingerprint density at radius 3 is 2.62 bits per heavy atom. The van der Waals surface area contributed by atoms with Crippen molar-refractivity contribution in [2.24, 2.45) is 0 Å². The van der Waals surface area contributed by atoms with Crippen LogP contribution >= 0.6 is 11.8 Å². The Morgan fingerprint density at radius 1 is 1.14 bits per heavy atom. The summed E-state index contributed by atoms with van der Waals surface area (Å²) in [6.45, 7) is 5.28. The lowest BCUT2D eigenvalue weighted by atomic mass is 10.1. The van der Waals surface area contributed by atoms with E-state index in [0.717, 1.165) is 34.7 Å². The first-order valence-electron chi connectivity index (χ1n) is 9.54. The summed E-state index contributed by atoms with van der Waals surface area (Å²) in [5.74, 6) is 1.21. The average molecular weight is 430 g/mol. The number of oxazole rings is 1. The molecule has 0 bridgehead atoms. The monoisotopic (exact) mass is 429 g/mol. The standard InChI is InChI=1S/C21H23N3O3S2/c1-15-5-7-19(16(2)11-15)21-23-17(13-27-21)14-28-20-8-6-18(12-22-20)29(25,26)24-9-3-4-10-24/h5-8,11-13H,3-4,9-10,14H2,1-2H3. The fourth-order valence-corrected chi connectivity index (χ4v) is 5.56. The van der Waals surface area contributed by atoms with E-state index >= 15 is 0 Å². The molecule has 0 radical (unpaired) electrons. The van der Waals surface area contributed by atoms with Crippen molar-refractivity contribution in [1.82, 2.24) is 14.3 Å². The van der Waals surface area contributed by atoms with Crippen molar-refractivity contribution in [3.05, 3.63) is 59.6 Å². The van der Waals surface area contributed by atoms with Gasteiger partial charge in [-0.25, -0.2) is 18.4 Å². The van der Waals surface area contributed by atoms with Crippen LogP contribution in [0.25, 0.3) is 11.5 Å². The lowest BCUT2D eigenvalue weighted by Crippen LogP contribution is -2.27. The van der Waals surface area contributed by atoms with Crippen LogP contribution in [0.2, 0.25) is 0 Å². The molecule has 4 rings (SSSR count). The second-order valence-electron chi connectivity index (χ2n) is 7.19. The second-order valence-corrected chi connectivity index (χ2v) is 10.1. The second kappa shape index (κ2) is 8.30. The molecule has 1 fully saturated rings. The van der Waals surface area contributed by atoms with Gasteiger partial charge in [0.15, 0.2) is 0 Å². The van der Waals surface area contributed by atoms with Gasteiger partial charge < -0.3 is 4.42 Å². The van der Waals surface area contributed by atoms with Gasteiger partial charge in [0.05, 0.1) is 10.7 Å². The van der Waals surface area contributed by atoms with Gasteiger partial charge in [-0.15, -0.1) is 0 Å². The highest BCUT2D eigenvalue weighted by molar-refractivity contribution is 7.98. The Hall–Kier alpha value is -2.16. The van der Waals surface area contributed by atoms with Crippen LogP contribution in [-0.4, -0.2) is 35.8 Å². The smallest absolute Gasteiger partial charge is 0.244 e. The van der Waals surface area contributed by atoms with Crippen LogP contribution in [0.1, 0.15) is 29.7 Å². The molecule has 1 aromatic carbocycles. The highest BCUT2D eigenvalue weighted by Gasteiger charge is 2.27. The first-order chi connectivity index (χ1) is 13.9. The minimum Gasteiger partial charge on any atom is -0.444 e. The Kier molecular flexibility index (Phi) is 5.76. The normalized spacial score (nSPS) is 15.1. The third-order valence-electron chi connectivity index (χ3n) is 4.94. The van der Waals surface area contributed by atoms with Crippen molar-refractivity contribution < 1.29 is 12.8 Å². The lowest BCUT2D eigenvalue weighted by Gasteiger charge is -2.15. The van der Waals surface area contributed by atoms with Gasteiger partial charge in [-0.3, -0.25) is 0 Å². The largest absolute Gasteiger partial charge is 0.444 e. The van der Waals surface area contributed by atoms with Crippen molar-refractivity contribution in [3.8, 4) is 11.5 Å². The third-order valence-corrected chi connectivity index (χ3v) is 7.80. The number of rotatable bonds is 6. The maximum Gasteiger partial charge on any atom is 0.244 e. The summed E-state index contributed by atoms with van der Waals surface area (Å²) in [5, 5.41) is 0.751. The number of aryl methyl sites for hydroxylation is 2. The first-order valence-corrected chi connectivity index (χ1v) is 12.0. The molecule has 0 N–H and O–H groups in total. The van der Waals surface area contributed by atoms with E-state index in [4.69, 9.17) is 4.42 Å². The van der Waals surface area contributed by atoms with E-state index in [2.05, 4.69) is 23.0 Å². The number of hydrogen-bond donors (Lipinski definition) is 0. The number of sulfonamides is 1. The summed E-state index contributed by atoms with van der Waals surface area (Å²) >= 11 is 1.50. The summed E-state index contributed by atoms with van der Waals surface area (Å²) < 4.78 is 32.3. The molecule has 29 heavy (non-hydrogen) atoms. The predicted molar refractivity (Wildman–Crippen MR) is 113 cm³/mol. The minimum absolute atomic E-state index is 0.252. The summed E-state index contributed by atoms with van der Waals surface area (Å²) in [5.41, 5.74) is 4.14. The molecule has 1 aliphatic heterocycles. The zero-order chi connectivity index (χ0) is 20.4. The number of nitrogens with zero attached hydrogens (tertiary/aromatic N) is 3. The highest BCUT2D eigenvalue weighted by atomic mass is 32.2. The van der Waals surface area contributed by atoms with Gasteiger partial charge in [0.2, 0.25) is 15.9 Å². The summed E-state index contributed by atoms with van der Waals surface area (Å²) in [4.78, 5) is 9.15. The minimum atomic E-state index is -3.42. The topological polar surface area (TPSA) is 76.3 Å². The fraction of sp³-hybridized carbons (Fsp3) is 0.333. The summed E-state index contributed by atoms with van der Waals surface area (Å²) in [6.07, 6.45) is 4.94. The van der Waals surface area contributed by atoms with Crippen LogP contribution in [0.4, 0.5) is 0 Å². The summed E-state index contributed by atoms with van der Waals surface area (Å²) in [6, 6.07) is 9.55. The molecule has 0 spiro atoms. The highest BCUT2D eigenvalue weighted by Crippen LogP contribution is 2.27. The van der Waals surface area contributed by atoms with E-state index in [1.54, 1.807) is 18.4 Å². The van der Waals surface area contributed by atoms with Crippen molar-refractivity contribution >= 4 is 21.8 Å². The van der Waals surface area contributed by atoms with Gasteiger partial charge in [0.1, 0.15) is 11.2 Å². The molecular weight excluding hydrogens is 406 g/mol. The van der Waals surface area contributed by atoms with Crippen LogP contribution in [0.5, 0.6) is 0 Å². The molecule has 0 unspecified atom stereocenters. The molecule has 0 amide bonds. The number of thioether (sulfide) groups is 1. The number of hydrogen-bond acceptors (Lipinski definition) is 6. The molecule has 1 saturated heterocycles. The van der Waals surface area contributed by atoms with E-state index in [-0.39, 0.29) is 4.90 Å². The van der Waals surface area contributed by atoms with Crippen molar-refractivity contribution in [2.45, 2.75) is 42.4 Å². The van der Waals surface area contributed by atoms with Gasteiger partial charge in [-0.2, -0.15) is 4.31 Å². The quantitative estimate of drug-likeness (QED) is 0.540. The van der Waals surface area contributed by atoms with Gasteiger partial charge in [-0.05, 0) is 50.5 Å². The van der Waals surface area contributed by atoms with E-state index in [9.17, 15) is 8.42 Å². The number of aromatic nitrogens is 2. The number of benzene rings is 1. The van der Waals surface area contributed by atoms with E-state index in [1.165, 1.54) is 27.8 Å². The molecule has 0 saturated carbocycles. The molecule has 1 aliphatic rings. The number of pyridine rings is 1. The Balaban J connectivity index is 1.41. The molecule has 3 aromatic rings. The average Bonchev–Trinajstić information content (AvgIpc) is 3.39. The van der Waals surface area contributed by atoms with Gasteiger partial charge in [-0.1, -0.05) is 29.5 Å². The van der Waals surface area contributed by atoms with Crippen molar-refractivity contribution in [1.29, 1.82) is 0 Å². The molecule has 152 valence electrons. The first kappa shape index (κ1) is 20.1. The van der Waals surface area contributed by atoms with Crippen LogP contribution in [0.3, 0.4) is 0 Å².